The number of carbonyl (C=O) groups is 1. The second-order valence-electron chi connectivity index (χ2n) is 6.00. The molecule has 1 fully saturated rings. The summed E-state index contributed by atoms with van der Waals surface area (Å²) >= 11 is 1.56. The van der Waals surface area contributed by atoms with Gasteiger partial charge in [-0.3, -0.25) is 4.79 Å². The summed E-state index contributed by atoms with van der Waals surface area (Å²) in [4.78, 5) is 24.0. The lowest BCUT2D eigenvalue weighted by Gasteiger charge is -2.41. The van der Waals surface area contributed by atoms with E-state index < -0.39 is 11.6 Å². The quantitative estimate of drug-likeness (QED) is 0.778. The SMILES string of the molecule is COC1(c2ccccc2)C(C(N)=O)CCN1c1ncnc2sccc12. The molecule has 0 bridgehead atoms. The minimum Gasteiger partial charge on any atom is -0.369 e. The van der Waals surface area contributed by atoms with Crippen molar-refractivity contribution in [3.05, 3.63) is 53.7 Å². The highest BCUT2D eigenvalue weighted by atomic mass is 32.1. The lowest BCUT2D eigenvalue weighted by atomic mass is 9.88. The van der Waals surface area contributed by atoms with Crippen LogP contribution in [-0.2, 0) is 15.3 Å². The average molecular weight is 354 g/mol. The highest BCUT2D eigenvalue weighted by molar-refractivity contribution is 7.16. The zero-order valence-corrected chi connectivity index (χ0v) is 14.6. The van der Waals surface area contributed by atoms with E-state index in [0.29, 0.717) is 13.0 Å². The molecule has 2 unspecified atom stereocenters. The minimum absolute atomic E-state index is 0.371. The highest BCUT2D eigenvalue weighted by Crippen LogP contribution is 2.47. The first kappa shape index (κ1) is 16.0. The number of ether oxygens (including phenoxy) is 1. The monoisotopic (exact) mass is 354 g/mol. The number of nitrogens with two attached hydrogens (primary N) is 1. The van der Waals surface area contributed by atoms with Crippen molar-refractivity contribution in [1.82, 2.24) is 9.97 Å². The normalized spacial score (nSPS) is 23.2. The number of amides is 1. The number of hydrogen-bond acceptors (Lipinski definition) is 6. The molecule has 1 amide bonds. The average Bonchev–Trinajstić information content (AvgIpc) is 3.27. The molecule has 1 aliphatic heterocycles. The largest absolute Gasteiger partial charge is 0.369 e. The second kappa shape index (κ2) is 6.09. The van der Waals surface area contributed by atoms with Gasteiger partial charge in [0.1, 0.15) is 17.0 Å². The van der Waals surface area contributed by atoms with Crippen LogP contribution in [0.25, 0.3) is 10.2 Å². The summed E-state index contributed by atoms with van der Waals surface area (Å²) in [5, 5.41) is 2.94. The molecule has 3 heterocycles. The van der Waals surface area contributed by atoms with Crippen molar-refractivity contribution in [2.45, 2.75) is 12.1 Å². The van der Waals surface area contributed by atoms with Crippen LogP contribution in [0.2, 0.25) is 0 Å². The van der Waals surface area contributed by atoms with Crippen molar-refractivity contribution in [2.75, 3.05) is 18.6 Å². The van der Waals surface area contributed by atoms with E-state index in [-0.39, 0.29) is 5.91 Å². The van der Waals surface area contributed by atoms with E-state index in [1.165, 1.54) is 0 Å². The van der Waals surface area contributed by atoms with Crippen LogP contribution in [0.3, 0.4) is 0 Å². The van der Waals surface area contributed by atoms with Gasteiger partial charge in [-0.1, -0.05) is 30.3 Å². The Bertz CT molecular complexity index is 914. The lowest BCUT2D eigenvalue weighted by molar-refractivity contribution is -0.132. The van der Waals surface area contributed by atoms with Gasteiger partial charge in [-0.05, 0) is 17.9 Å². The van der Waals surface area contributed by atoms with Gasteiger partial charge in [0.15, 0.2) is 5.72 Å². The maximum atomic E-state index is 12.2. The molecule has 3 aromatic rings. The molecule has 2 atom stereocenters. The number of fused-ring (bicyclic) bond motifs is 1. The third-order valence-corrected chi connectivity index (χ3v) is 5.67. The van der Waals surface area contributed by atoms with Crippen molar-refractivity contribution >= 4 is 33.3 Å². The third kappa shape index (κ3) is 2.31. The predicted octanol–water partition coefficient (Wildman–Crippen LogP) is 2.50. The maximum absolute atomic E-state index is 12.2. The number of rotatable bonds is 4. The van der Waals surface area contributed by atoms with Crippen LogP contribution >= 0.6 is 11.3 Å². The first-order chi connectivity index (χ1) is 12.2. The Labute approximate surface area is 149 Å². The van der Waals surface area contributed by atoms with Crippen LogP contribution in [0.5, 0.6) is 0 Å². The number of benzene rings is 1. The van der Waals surface area contributed by atoms with Crippen LogP contribution in [0, 0.1) is 5.92 Å². The number of thiophene rings is 1. The number of aromatic nitrogens is 2. The number of anilines is 1. The zero-order valence-electron chi connectivity index (χ0n) is 13.8. The van der Waals surface area contributed by atoms with E-state index >= 15 is 0 Å². The number of primary amides is 1. The van der Waals surface area contributed by atoms with E-state index in [1.807, 2.05) is 41.8 Å². The molecule has 2 aromatic heterocycles. The fourth-order valence-electron chi connectivity index (χ4n) is 3.80. The molecule has 0 saturated carbocycles. The summed E-state index contributed by atoms with van der Waals surface area (Å²) in [7, 11) is 1.62. The predicted molar refractivity (Wildman–Crippen MR) is 97.2 cm³/mol. The lowest BCUT2D eigenvalue weighted by Crippen LogP contribution is -2.51. The van der Waals surface area contributed by atoms with Crippen molar-refractivity contribution in [3.63, 3.8) is 0 Å². The molecule has 1 aliphatic rings. The third-order valence-electron chi connectivity index (χ3n) is 4.85. The Kier molecular flexibility index (Phi) is 3.89. The van der Waals surface area contributed by atoms with Gasteiger partial charge in [0, 0.05) is 19.2 Å². The Morgan fingerprint density at radius 3 is 2.84 bits per heavy atom. The van der Waals surface area contributed by atoms with Crippen molar-refractivity contribution in [1.29, 1.82) is 0 Å². The minimum atomic E-state index is -0.976. The topological polar surface area (TPSA) is 81.3 Å². The van der Waals surface area contributed by atoms with E-state index in [9.17, 15) is 4.79 Å². The Balaban J connectivity index is 1.95. The van der Waals surface area contributed by atoms with Gasteiger partial charge in [-0.15, -0.1) is 11.3 Å². The number of methoxy groups -OCH3 is 1. The summed E-state index contributed by atoms with van der Waals surface area (Å²) in [6.07, 6.45) is 2.16. The van der Waals surface area contributed by atoms with E-state index in [1.54, 1.807) is 24.8 Å². The van der Waals surface area contributed by atoms with E-state index in [2.05, 4.69) is 14.9 Å². The Morgan fingerprint density at radius 2 is 2.12 bits per heavy atom. The molecule has 7 heteroatoms. The summed E-state index contributed by atoms with van der Waals surface area (Å²) in [6.45, 7) is 0.623. The van der Waals surface area contributed by atoms with Crippen molar-refractivity contribution in [2.24, 2.45) is 11.7 Å². The number of hydrogen-bond donors (Lipinski definition) is 1. The van der Waals surface area contributed by atoms with Crippen LogP contribution in [0.4, 0.5) is 5.82 Å². The van der Waals surface area contributed by atoms with Gasteiger partial charge in [-0.2, -0.15) is 0 Å². The number of nitrogens with zero attached hydrogens (tertiary/aromatic N) is 3. The fourth-order valence-corrected chi connectivity index (χ4v) is 4.53. The maximum Gasteiger partial charge on any atom is 0.225 e. The number of carbonyl (C=O) groups excluding carboxylic acids is 1. The van der Waals surface area contributed by atoms with Crippen LogP contribution in [-0.4, -0.2) is 29.5 Å². The van der Waals surface area contributed by atoms with Crippen molar-refractivity contribution < 1.29 is 9.53 Å². The molecule has 0 radical (unpaired) electrons. The first-order valence-corrected chi connectivity index (χ1v) is 8.92. The molecule has 1 aromatic carbocycles. The Hall–Kier alpha value is -2.51. The van der Waals surface area contributed by atoms with Crippen LogP contribution < -0.4 is 10.6 Å². The summed E-state index contributed by atoms with van der Waals surface area (Å²) in [5.41, 5.74) is 5.66. The van der Waals surface area contributed by atoms with Gasteiger partial charge in [-0.25, -0.2) is 9.97 Å². The van der Waals surface area contributed by atoms with Gasteiger partial charge < -0.3 is 15.4 Å². The molecule has 2 N–H and O–H groups in total. The van der Waals surface area contributed by atoms with Gasteiger partial charge in [0.25, 0.3) is 0 Å². The molecule has 25 heavy (non-hydrogen) atoms. The van der Waals surface area contributed by atoms with Gasteiger partial charge in [0.05, 0.1) is 11.3 Å². The van der Waals surface area contributed by atoms with Crippen LogP contribution in [0.15, 0.2) is 48.1 Å². The molecule has 1 saturated heterocycles. The van der Waals surface area contributed by atoms with Gasteiger partial charge >= 0.3 is 0 Å². The Morgan fingerprint density at radius 1 is 1.32 bits per heavy atom. The fraction of sp³-hybridized carbons (Fsp3) is 0.278. The molecular weight excluding hydrogens is 336 g/mol. The van der Waals surface area contributed by atoms with Crippen LogP contribution in [0.1, 0.15) is 12.0 Å². The van der Waals surface area contributed by atoms with Crippen molar-refractivity contribution in [3.8, 4) is 0 Å². The highest BCUT2D eigenvalue weighted by Gasteiger charge is 2.54. The first-order valence-electron chi connectivity index (χ1n) is 8.04. The summed E-state index contributed by atoms with van der Waals surface area (Å²) < 4.78 is 6.02. The van der Waals surface area contributed by atoms with E-state index in [0.717, 1.165) is 21.6 Å². The molecular formula is C18H18N4O2S. The smallest absolute Gasteiger partial charge is 0.225 e. The molecule has 4 rings (SSSR count). The molecule has 128 valence electrons. The standard InChI is InChI=1S/C18H18N4O2S/c1-24-18(12-5-3-2-4-6-12)14(15(19)23)7-9-22(18)16-13-8-10-25-17(13)21-11-20-16/h2-6,8,10-11,14H,7,9H2,1H3,(H2,19,23). The zero-order chi connectivity index (χ0) is 17.4. The summed E-state index contributed by atoms with van der Waals surface area (Å²) in [6, 6.07) is 11.7. The molecule has 0 aliphatic carbocycles. The second-order valence-corrected chi connectivity index (χ2v) is 6.89. The summed E-state index contributed by atoms with van der Waals surface area (Å²) in [5.74, 6) is -0.0759. The van der Waals surface area contributed by atoms with E-state index in [4.69, 9.17) is 10.5 Å². The molecule has 0 spiro atoms. The molecule has 6 nitrogen and oxygen atoms in total. The van der Waals surface area contributed by atoms with Gasteiger partial charge in [0.2, 0.25) is 5.91 Å².